The van der Waals surface area contributed by atoms with Crippen LogP contribution in [0.2, 0.25) is 0 Å². The van der Waals surface area contributed by atoms with Crippen LogP contribution in [0.5, 0.6) is 0 Å². The first-order chi connectivity index (χ1) is 6.24. The standard InChI is InChI=1S/C10H20N2O/c1-9(2)10(11-8-13)7-12-5-3-4-6-12/h8-10H,3-7H2,1-2H3,(H,11,13)/t10-/m1/s1. The highest BCUT2D eigenvalue weighted by molar-refractivity contribution is 5.46. The highest BCUT2D eigenvalue weighted by atomic mass is 16.1. The Kier molecular flexibility index (Phi) is 4.22. The normalized spacial score (nSPS) is 20.5. The molecule has 1 amide bonds. The molecule has 1 saturated heterocycles. The van der Waals surface area contributed by atoms with Crippen LogP contribution in [0.3, 0.4) is 0 Å². The SMILES string of the molecule is CC(C)[C@@H](CN1CCCC1)NC=O. The topological polar surface area (TPSA) is 32.3 Å². The van der Waals surface area contributed by atoms with Crippen LogP contribution in [-0.4, -0.2) is 37.0 Å². The maximum atomic E-state index is 10.4. The van der Waals surface area contributed by atoms with Crippen molar-refractivity contribution in [3.8, 4) is 0 Å². The third kappa shape index (κ3) is 3.35. The zero-order valence-corrected chi connectivity index (χ0v) is 8.62. The molecule has 1 aliphatic rings. The zero-order chi connectivity index (χ0) is 9.68. The van der Waals surface area contributed by atoms with Crippen LogP contribution in [0.1, 0.15) is 26.7 Å². The average molecular weight is 184 g/mol. The minimum absolute atomic E-state index is 0.315. The van der Waals surface area contributed by atoms with Crippen LogP contribution >= 0.6 is 0 Å². The van der Waals surface area contributed by atoms with Gasteiger partial charge >= 0.3 is 0 Å². The van der Waals surface area contributed by atoms with E-state index in [2.05, 4.69) is 24.1 Å². The van der Waals surface area contributed by atoms with E-state index in [-0.39, 0.29) is 0 Å². The van der Waals surface area contributed by atoms with Gasteiger partial charge in [0.05, 0.1) is 0 Å². The fourth-order valence-electron chi connectivity index (χ4n) is 1.79. The van der Waals surface area contributed by atoms with E-state index in [1.807, 2.05) is 0 Å². The van der Waals surface area contributed by atoms with Gasteiger partial charge in [-0.2, -0.15) is 0 Å². The quantitative estimate of drug-likeness (QED) is 0.643. The molecule has 3 nitrogen and oxygen atoms in total. The van der Waals surface area contributed by atoms with E-state index in [9.17, 15) is 4.79 Å². The summed E-state index contributed by atoms with van der Waals surface area (Å²) in [5.74, 6) is 0.519. The van der Waals surface area contributed by atoms with Crippen molar-refractivity contribution in [2.24, 2.45) is 5.92 Å². The van der Waals surface area contributed by atoms with E-state index in [1.165, 1.54) is 25.9 Å². The molecule has 1 rings (SSSR count). The number of hydrogen-bond acceptors (Lipinski definition) is 2. The lowest BCUT2D eigenvalue weighted by Gasteiger charge is -2.25. The maximum Gasteiger partial charge on any atom is 0.207 e. The summed E-state index contributed by atoms with van der Waals surface area (Å²) in [6.45, 7) is 7.71. The number of amides is 1. The average Bonchev–Trinajstić information content (AvgIpc) is 2.56. The number of carbonyl (C=O) groups excluding carboxylic acids is 1. The van der Waals surface area contributed by atoms with E-state index < -0.39 is 0 Å². The van der Waals surface area contributed by atoms with Gasteiger partial charge in [0.1, 0.15) is 0 Å². The van der Waals surface area contributed by atoms with Crippen LogP contribution in [-0.2, 0) is 4.79 Å². The van der Waals surface area contributed by atoms with Crippen molar-refractivity contribution in [1.82, 2.24) is 10.2 Å². The fourth-order valence-corrected chi connectivity index (χ4v) is 1.79. The first-order valence-corrected chi connectivity index (χ1v) is 5.16. The number of likely N-dealkylation sites (tertiary alicyclic amines) is 1. The molecular weight excluding hydrogens is 164 g/mol. The molecule has 1 aliphatic heterocycles. The number of hydrogen-bond donors (Lipinski definition) is 1. The summed E-state index contributed by atoms with van der Waals surface area (Å²) in [7, 11) is 0. The highest BCUT2D eigenvalue weighted by Gasteiger charge is 2.18. The minimum atomic E-state index is 0.315. The van der Waals surface area contributed by atoms with Crippen molar-refractivity contribution in [2.45, 2.75) is 32.7 Å². The van der Waals surface area contributed by atoms with Gasteiger partial charge in [-0.3, -0.25) is 4.79 Å². The number of rotatable bonds is 5. The molecular formula is C10H20N2O. The largest absolute Gasteiger partial charge is 0.354 e. The predicted octanol–water partition coefficient (Wildman–Crippen LogP) is 0.853. The Hall–Kier alpha value is -0.570. The van der Waals surface area contributed by atoms with Crippen molar-refractivity contribution in [2.75, 3.05) is 19.6 Å². The molecule has 0 aromatic heterocycles. The summed E-state index contributed by atoms with van der Waals surface area (Å²) in [6.07, 6.45) is 3.44. The van der Waals surface area contributed by atoms with E-state index in [1.54, 1.807) is 0 Å². The summed E-state index contributed by atoms with van der Waals surface area (Å²) in [4.78, 5) is 12.8. The van der Waals surface area contributed by atoms with Crippen molar-refractivity contribution in [1.29, 1.82) is 0 Å². The highest BCUT2D eigenvalue weighted by Crippen LogP contribution is 2.10. The molecule has 0 aromatic rings. The van der Waals surface area contributed by atoms with E-state index in [4.69, 9.17) is 0 Å². The molecule has 0 aliphatic carbocycles. The molecule has 0 saturated carbocycles. The molecule has 0 aromatic carbocycles. The van der Waals surface area contributed by atoms with Crippen LogP contribution in [0.4, 0.5) is 0 Å². The third-order valence-electron chi connectivity index (χ3n) is 2.74. The van der Waals surface area contributed by atoms with Crippen LogP contribution < -0.4 is 5.32 Å². The van der Waals surface area contributed by atoms with E-state index in [0.29, 0.717) is 12.0 Å². The third-order valence-corrected chi connectivity index (χ3v) is 2.74. The van der Waals surface area contributed by atoms with E-state index in [0.717, 1.165) is 13.0 Å². The molecule has 0 radical (unpaired) electrons. The predicted molar refractivity (Wildman–Crippen MR) is 53.5 cm³/mol. The first kappa shape index (κ1) is 10.5. The van der Waals surface area contributed by atoms with Crippen LogP contribution in [0.25, 0.3) is 0 Å². The first-order valence-electron chi connectivity index (χ1n) is 5.16. The molecule has 76 valence electrons. The Morgan fingerprint density at radius 2 is 2.00 bits per heavy atom. The van der Waals surface area contributed by atoms with Gasteiger partial charge in [0, 0.05) is 12.6 Å². The number of nitrogens with one attached hydrogen (secondary N) is 1. The molecule has 1 fully saturated rings. The maximum absolute atomic E-state index is 10.4. The second-order valence-corrected chi connectivity index (χ2v) is 4.14. The van der Waals surface area contributed by atoms with Crippen molar-refractivity contribution in [3.63, 3.8) is 0 Å². The fraction of sp³-hybridized carbons (Fsp3) is 0.900. The van der Waals surface area contributed by atoms with Crippen LogP contribution in [0.15, 0.2) is 0 Å². The van der Waals surface area contributed by atoms with Gasteiger partial charge in [0.2, 0.25) is 6.41 Å². The molecule has 0 spiro atoms. The van der Waals surface area contributed by atoms with Crippen molar-refractivity contribution < 1.29 is 4.79 Å². The monoisotopic (exact) mass is 184 g/mol. The second-order valence-electron chi connectivity index (χ2n) is 4.14. The summed E-state index contributed by atoms with van der Waals surface area (Å²) in [6, 6.07) is 0.315. The van der Waals surface area contributed by atoms with Crippen molar-refractivity contribution in [3.05, 3.63) is 0 Å². The van der Waals surface area contributed by atoms with Gasteiger partial charge in [-0.15, -0.1) is 0 Å². The lowest BCUT2D eigenvalue weighted by Crippen LogP contribution is -2.42. The molecule has 1 N–H and O–H groups in total. The van der Waals surface area contributed by atoms with Gasteiger partial charge in [0.15, 0.2) is 0 Å². The Bertz CT molecular complexity index is 153. The van der Waals surface area contributed by atoms with Crippen molar-refractivity contribution >= 4 is 6.41 Å². The molecule has 3 heteroatoms. The second kappa shape index (κ2) is 5.22. The number of carbonyl (C=O) groups is 1. The summed E-state index contributed by atoms with van der Waals surface area (Å²) >= 11 is 0. The summed E-state index contributed by atoms with van der Waals surface area (Å²) in [5, 5.41) is 2.89. The van der Waals surface area contributed by atoms with Crippen LogP contribution in [0, 0.1) is 5.92 Å². The molecule has 13 heavy (non-hydrogen) atoms. The molecule has 0 unspecified atom stereocenters. The van der Waals surface area contributed by atoms with Gasteiger partial charge < -0.3 is 10.2 Å². The lowest BCUT2D eigenvalue weighted by atomic mass is 10.0. The summed E-state index contributed by atoms with van der Waals surface area (Å²) in [5.41, 5.74) is 0. The van der Waals surface area contributed by atoms with Gasteiger partial charge in [-0.1, -0.05) is 13.8 Å². The Morgan fingerprint density at radius 1 is 1.38 bits per heavy atom. The number of nitrogens with zero attached hydrogens (tertiary/aromatic N) is 1. The molecule has 1 heterocycles. The Balaban J connectivity index is 2.31. The summed E-state index contributed by atoms with van der Waals surface area (Å²) < 4.78 is 0. The molecule has 0 bridgehead atoms. The Morgan fingerprint density at radius 3 is 2.46 bits per heavy atom. The minimum Gasteiger partial charge on any atom is -0.354 e. The van der Waals surface area contributed by atoms with E-state index >= 15 is 0 Å². The molecule has 1 atom stereocenters. The zero-order valence-electron chi connectivity index (χ0n) is 8.62. The Labute approximate surface area is 80.5 Å². The lowest BCUT2D eigenvalue weighted by molar-refractivity contribution is -0.110. The van der Waals surface area contributed by atoms with Gasteiger partial charge in [0.25, 0.3) is 0 Å². The van der Waals surface area contributed by atoms with Gasteiger partial charge in [-0.25, -0.2) is 0 Å². The van der Waals surface area contributed by atoms with Gasteiger partial charge in [-0.05, 0) is 31.8 Å². The smallest absolute Gasteiger partial charge is 0.207 e.